The van der Waals surface area contributed by atoms with Gasteiger partial charge in [0.1, 0.15) is 0 Å². The summed E-state index contributed by atoms with van der Waals surface area (Å²) in [5.74, 6) is 0.0709. The van der Waals surface area contributed by atoms with Gasteiger partial charge in [-0.1, -0.05) is 11.6 Å². The Morgan fingerprint density at radius 2 is 2.29 bits per heavy atom. The molecule has 17 heavy (non-hydrogen) atoms. The number of benzene rings is 1. The molecular formula is C12H16ClN3O. The first-order valence-corrected chi connectivity index (χ1v) is 6.04. The van der Waals surface area contributed by atoms with Crippen LogP contribution < -0.4 is 16.4 Å². The van der Waals surface area contributed by atoms with Crippen molar-refractivity contribution in [1.82, 2.24) is 0 Å². The van der Waals surface area contributed by atoms with Crippen LogP contribution in [0.25, 0.3) is 0 Å². The molecule has 0 aliphatic carbocycles. The first-order chi connectivity index (χ1) is 8.11. The maximum atomic E-state index is 11.0. The van der Waals surface area contributed by atoms with Crippen LogP contribution in [0.4, 0.5) is 5.69 Å². The number of hydrogen-bond donors (Lipinski definition) is 2. The molecule has 4 N–H and O–H groups in total. The van der Waals surface area contributed by atoms with Gasteiger partial charge in [-0.2, -0.15) is 0 Å². The second-order valence-electron chi connectivity index (χ2n) is 4.37. The van der Waals surface area contributed by atoms with E-state index in [1.165, 1.54) is 0 Å². The Morgan fingerprint density at radius 1 is 1.53 bits per heavy atom. The van der Waals surface area contributed by atoms with Crippen molar-refractivity contribution in [3.05, 3.63) is 28.8 Å². The van der Waals surface area contributed by atoms with Gasteiger partial charge in [-0.05, 0) is 37.1 Å². The molecular weight excluding hydrogens is 238 g/mol. The van der Waals surface area contributed by atoms with Crippen molar-refractivity contribution in [2.45, 2.75) is 6.42 Å². The lowest BCUT2D eigenvalue weighted by molar-refractivity contribution is 0.100. The molecule has 1 unspecified atom stereocenters. The summed E-state index contributed by atoms with van der Waals surface area (Å²) in [6.45, 7) is 2.58. The van der Waals surface area contributed by atoms with Crippen LogP contribution in [-0.2, 0) is 0 Å². The van der Waals surface area contributed by atoms with Crippen LogP contribution in [0.5, 0.6) is 0 Å². The van der Waals surface area contributed by atoms with Gasteiger partial charge < -0.3 is 16.4 Å². The predicted molar refractivity (Wildman–Crippen MR) is 69.3 cm³/mol. The van der Waals surface area contributed by atoms with Gasteiger partial charge in [0.2, 0.25) is 5.91 Å². The minimum atomic E-state index is -0.459. The summed E-state index contributed by atoms with van der Waals surface area (Å²) >= 11 is 6.16. The van der Waals surface area contributed by atoms with E-state index >= 15 is 0 Å². The number of nitrogens with zero attached hydrogens (tertiary/aromatic N) is 1. The molecule has 4 nitrogen and oxygen atoms in total. The Kier molecular flexibility index (Phi) is 3.54. The van der Waals surface area contributed by atoms with Crippen LogP contribution in [0.2, 0.25) is 5.02 Å². The second kappa shape index (κ2) is 4.94. The molecule has 0 bridgehead atoms. The lowest BCUT2D eigenvalue weighted by atomic mass is 10.1. The molecule has 1 fully saturated rings. The van der Waals surface area contributed by atoms with Gasteiger partial charge in [-0.15, -0.1) is 0 Å². The van der Waals surface area contributed by atoms with E-state index in [-0.39, 0.29) is 0 Å². The van der Waals surface area contributed by atoms with Gasteiger partial charge in [0.05, 0.1) is 10.7 Å². The maximum absolute atomic E-state index is 11.0. The number of carbonyl (C=O) groups is 1. The molecule has 1 aliphatic heterocycles. The van der Waals surface area contributed by atoms with Gasteiger partial charge in [0.15, 0.2) is 0 Å². The molecule has 1 aromatic rings. The van der Waals surface area contributed by atoms with Crippen LogP contribution in [0.3, 0.4) is 0 Å². The van der Waals surface area contributed by atoms with Crippen molar-refractivity contribution in [3.63, 3.8) is 0 Å². The van der Waals surface area contributed by atoms with Crippen LogP contribution >= 0.6 is 11.6 Å². The smallest absolute Gasteiger partial charge is 0.248 e. The largest absolute Gasteiger partial charge is 0.370 e. The molecule has 0 spiro atoms. The SMILES string of the molecule is NCC1CCN(c2ccc(C(N)=O)cc2Cl)C1. The Bertz CT molecular complexity index is 436. The average molecular weight is 254 g/mol. The third-order valence-electron chi connectivity index (χ3n) is 3.19. The maximum Gasteiger partial charge on any atom is 0.248 e. The Balaban J connectivity index is 2.20. The first-order valence-electron chi connectivity index (χ1n) is 5.66. The molecule has 0 aromatic heterocycles. The molecule has 1 saturated heterocycles. The molecule has 1 amide bonds. The zero-order valence-electron chi connectivity index (χ0n) is 9.53. The van der Waals surface area contributed by atoms with E-state index in [2.05, 4.69) is 4.90 Å². The molecule has 92 valence electrons. The fraction of sp³-hybridized carbons (Fsp3) is 0.417. The summed E-state index contributed by atoms with van der Waals surface area (Å²) < 4.78 is 0. The number of primary amides is 1. The van der Waals surface area contributed by atoms with Gasteiger partial charge >= 0.3 is 0 Å². The molecule has 1 aromatic carbocycles. The van der Waals surface area contributed by atoms with E-state index < -0.39 is 5.91 Å². The highest BCUT2D eigenvalue weighted by molar-refractivity contribution is 6.33. The quantitative estimate of drug-likeness (QED) is 0.851. The number of nitrogens with two attached hydrogens (primary N) is 2. The standard InChI is InChI=1S/C12H16ClN3O/c13-10-5-9(12(15)17)1-2-11(10)16-4-3-8(6-14)7-16/h1-2,5,8H,3-4,6-7,14H2,(H2,15,17). The number of amides is 1. The zero-order valence-corrected chi connectivity index (χ0v) is 10.3. The van der Waals surface area contributed by atoms with Crippen molar-refractivity contribution >= 4 is 23.2 Å². The predicted octanol–water partition coefficient (Wildman–Crippen LogP) is 1.22. The van der Waals surface area contributed by atoms with Crippen LogP contribution in [-0.4, -0.2) is 25.5 Å². The molecule has 2 rings (SSSR count). The van der Waals surface area contributed by atoms with Gasteiger partial charge in [-0.3, -0.25) is 4.79 Å². The van der Waals surface area contributed by atoms with E-state index in [0.717, 1.165) is 25.2 Å². The van der Waals surface area contributed by atoms with E-state index in [9.17, 15) is 4.79 Å². The highest BCUT2D eigenvalue weighted by Gasteiger charge is 2.23. The van der Waals surface area contributed by atoms with E-state index in [1.54, 1.807) is 12.1 Å². The number of rotatable bonds is 3. The van der Waals surface area contributed by atoms with Crippen molar-refractivity contribution in [3.8, 4) is 0 Å². The van der Waals surface area contributed by atoms with E-state index in [0.29, 0.717) is 23.0 Å². The normalized spacial score (nSPS) is 19.6. The Hall–Kier alpha value is -1.26. The number of halogens is 1. The lowest BCUT2D eigenvalue weighted by Crippen LogP contribution is -2.23. The molecule has 0 radical (unpaired) electrons. The van der Waals surface area contributed by atoms with Crippen molar-refractivity contribution < 1.29 is 4.79 Å². The highest BCUT2D eigenvalue weighted by Crippen LogP contribution is 2.30. The minimum absolute atomic E-state index is 0.438. The number of carbonyl (C=O) groups excluding carboxylic acids is 1. The summed E-state index contributed by atoms with van der Waals surface area (Å²) in [5, 5.41) is 0.568. The second-order valence-corrected chi connectivity index (χ2v) is 4.77. The summed E-state index contributed by atoms with van der Waals surface area (Å²) in [6, 6.07) is 5.18. The molecule has 1 heterocycles. The third-order valence-corrected chi connectivity index (χ3v) is 3.49. The summed E-state index contributed by atoms with van der Waals surface area (Å²) in [7, 11) is 0. The highest BCUT2D eigenvalue weighted by atomic mass is 35.5. The molecule has 5 heteroatoms. The van der Waals surface area contributed by atoms with Gasteiger partial charge in [0.25, 0.3) is 0 Å². The molecule has 0 saturated carbocycles. The lowest BCUT2D eigenvalue weighted by Gasteiger charge is -2.20. The summed E-state index contributed by atoms with van der Waals surface area (Å²) in [4.78, 5) is 13.2. The average Bonchev–Trinajstić information content (AvgIpc) is 2.77. The van der Waals surface area contributed by atoms with Crippen LogP contribution in [0.1, 0.15) is 16.8 Å². The summed E-state index contributed by atoms with van der Waals surface area (Å²) in [6.07, 6.45) is 1.09. The molecule has 1 atom stereocenters. The van der Waals surface area contributed by atoms with E-state index in [4.69, 9.17) is 23.1 Å². The fourth-order valence-corrected chi connectivity index (χ4v) is 2.46. The van der Waals surface area contributed by atoms with Gasteiger partial charge in [0, 0.05) is 18.7 Å². The monoisotopic (exact) mass is 253 g/mol. The number of hydrogen-bond acceptors (Lipinski definition) is 3. The third kappa shape index (κ3) is 2.53. The first kappa shape index (κ1) is 12.2. The topological polar surface area (TPSA) is 72.3 Å². The van der Waals surface area contributed by atoms with E-state index in [1.807, 2.05) is 6.07 Å². The number of anilines is 1. The van der Waals surface area contributed by atoms with Crippen molar-refractivity contribution in [2.24, 2.45) is 17.4 Å². The van der Waals surface area contributed by atoms with Crippen molar-refractivity contribution in [1.29, 1.82) is 0 Å². The van der Waals surface area contributed by atoms with Gasteiger partial charge in [-0.25, -0.2) is 0 Å². The molecule has 1 aliphatic rings. The van der Waals surface area contributed by atoms with Crippen molar-refractivity contribution in [2.75, 3.05) is 24.5 Å². The minimum Gasteiger partial charge on any atom is -0.370 e. The Labute approximate surface area is 106 Å². The zero-order chi connectivity index (χ0) is 12.4. The fourth-order valence-electron chi connectivity index (χ4n) is 2.16. The Morgan fingerprint density at radius 3 is 2.82 bits per heavy atom. The van der Waals surface area contributed by atoms with Crippen LogP contribution in [0.15, 0.2) is 18.2 Å². The summed E-state index contributed by atoms with van der Waals surface area (Å²) in [5.41, 5.74) is 12.2. The van der Waals surface area contributed by atoms with Crippen LogP contribution in [0, 0.1) is 5.92 Å².